The summed E-state index contributed by atoms with van der Waals surface area (Å²) in [5, 5.41) is 4.91. The summed E-state index contributed by atoms with van der Waals surface area (Å²) in [7, 11) is 0. The monoisotopic (exact) mass is 321 g/mol. The van der Waals surface area contributed by atoms with E-state index in [1.807, 2.05) is 18.2 Å². The van der Waals surface area contributed by atoms with Gasteiger partial charge in [0.15, 0.2) is 0 Å². The maximum absolute atomic E-state index is 6.32. The van der Waals surface area contributed by atoms with Crippen LogP contribution in [-0.2, 0) is 6.42 Å². The number of anilines is 1. The molecule has 0 radical (unpaired) electrons. The predicted octanol–water partition coefficient (Wildman–Crippen LogP) is 5.49. The lowest BCUT2D eigenvalue weighted by molar-refractivity contribution is 0.357. The van der Waals surface area contributed by atoms with Gasteiger partial charge >= 0.3 is 0 Å². The van der Waals surface area contributed by atoms with Gasteiger partial charge < -0.3 is 10.1 Å². The minimum Gasteiger partial charge on any atom is -0.493 e. The van der Waals surface area contributed by atoms with Crippen LogP contribution in [0, 0.1) is 0 Å². The second kappa shape index (κ2) is 6.17. The van der Waals surface area contributed by atoms with Crippen molar-refractivity contribution in [2.45, 2.75) is 25.8 Å². The van der Waals surface area contributed by atoms with Crippen LogP contribution in [0.3, 0.4) is 0 Å². The van der Waals surface area contributed by atoms with Gasteiger partial charge in [0.1, 0.15) is 5.75 Å². The number of ether oxygens (including phenoxy) is 1. The smallest absolute Gasteiger partial charge is 0.122 e. The van der Waals surface area contributed by atoms with E-state index in [0.29, 0.717) is 10.0 Å². The number of benzene rings is 2. The fourth-order valence-corrected chi connectivity index (χ4v) is 3.20. The summed E-state index contributed by atoms with van der Waals surface area (Å²) >= 11 is 12.3. The lowest BCUT2D eigenvalue weighted by Crippen LogP contribution is -2.10. The summed E-state index contributed by atoms with van der Waals surface area (Å²) < 4.78 is 5.54. The molecule has 0 aromatic heterocycles. The largest absolute Gasteiger partial charge is 0.493 e. The highest BCUT2D eigenvalue weighted by atomic mass is 35.5. The Labute approximate surface area is 135 Å². The van der Waals surface area contributed by atoms with E-state index in [-0.39, 0.29) is 6.04 Å². The Balaban J connectivity index is 1.84. The summed E-state index contributed by atoms with van der Waals surface area (Å²) in [6.07, 6.45) is 1.91. The third-order valence-electron chi connectivity index (χ3n) is 3.78. The van der Waals surface area contributed by atoms with Crippen molar-refractivity contribution in [2.75, 3.05) is 11.9 Å². The Morgan fingerprint density at radius 3 is 2.81 bits per heavy atom. The van der Waals surface area contributed by atoms with Crippen LogP contribution in [0.2, 0.25) is 10.0 Å². The van der Waals surface area contributed by atoms with Crippen molar-refractivity contribution in [2.24, 2.45) is 0 Å². The van der Waals surface area contributed by atoms with Crippen LogP contribution in [0.25, 0.3) is 0 Å². The third kappa shape index (κ3) is 3.12. The minimum absolute atomic E-state index is 0.162. The van der Waals surface area contributed by atoms with Crippen LogP contribution in [0.5, 0.6) is 5.75 Å². The molecule has 1 heterocycles. The Hall–Kier alpha value is -1.38. The molecule has 2 nitrogen and oxygen atoms in total. The molecular formula is C17H17Cl2NO. The summed E-state index contributed by atoms with van der Waals surface area (Å²) in [6.45, 7) is 2.91. The lowest BCUT2D eigenvalue weighted by Gasteiger charge is -2.20. The van der Waals surface area contributed by atoms with Crippen molar-refractivity contribution in [3.63, 3.8) is 0 Å². The average Bonchev–Trinajstić information content (AvgIpc) is 2.93. The maximum Gasteiger partial charge on any atom is 0.122 e. The van der Waals surface area contributed by atoms with Gasteiger partial charge in [0, 0.05) is 22.2 Å². The van der Waals surface area contributed by atoms with Crippen molar-refractivity contribution in [1.29, 1.82) is 0 Å². The molecule has 0 amide bonds. The van der Waals surface area contributed by atoms with E-state index in [1.165, 1.54) is 5.56 Å². The molecule has 0 aliphatic carbocycles. The van der Waals surface area contributed by atoms with Gasteiger partial charge in [-0.3, -0.25) is 0 Å². The highest BCUT2D eigenvalue weighted by Gasteiger charge is 2.16. The summed E-state index contributed by atoms with van der Waals surface area (Å²) in [6, 6.07) is 12.1. The fraction of sp³-hybridized carbons (Fsp3) is 0.294. The topological polar surface area (TPSA) is 21.3 Å². The number of fused-ring (bicyclic) bond motifs is 1. The zero-order chi connectivity index (χ0) is 14.8. The molecule has 1 aliphatic rings. The first kappa shape index (κ1) is 14.6. The van der Waals surface area contributed by atoms with Gasteiger partial charge in [-0.2, -0.15) is 0 Å². The summed E-state index contributed by atoms with van der Waals surface area (Å²) in [5.41, 5.74) is 3.43. The van der Waals surface area contributed by atoms with Crippen LogP contribution >= 0.6 is 23.2 Å². The first-order chi connectivity index (χ1) is 10.2. The van der Waals surface area contributed by atoms with E-state index in [4.69, 9.17) is 27.9 Å². The maximum atomic E-state index is 6.32. The van der Waals surface area contributed by atoms with Gasteiger partial charge in [-0.1, -0.05) is 36.2 Å². The molecule has 0 fully saturated rings. The molecule has 0 bridgehead atoms. The number of nitrogens with one attached hydrogen (secondary N) is 1. The van der Waals surface area contributed by atoms with Crippen molar-refractivity contribution in [1.82, 2.24) is 0 Å². The molecule has 1 unspecified atom stereocenters. The second-order valence-corrected chi connectivity index (χ2v) is 6.04. The third-order valence-corrected chi connectivity index (χ3v) is 4.34. The molecule has 110 valence electrons. The Bertz CT molecular complexity index is 657. The van der Waals surface area contributed by atoms with Gasteiger partial charge in [-0.15, -0.1) is 0 Å². The van der Waals surface area contributed by atoms with Gasteiger partial charge in [0.2, 0.25) is 0 Å². The molecule has 1 N–H and O–H groups in total. The molecular weight excluding hydrogens is 305 g/mol. The van der Waals surface area contributed by atoms with Gasteiger partial charge in [-0.25, -0.2) is 0 Å². The van der Waals surface area contributed by atoms with Crippen LogP contribution in [0.1, 0.15) is 30.5 Å². The number of hydrogen-bond donors (Lipinski definition) is 1. The molecule has 2 aromatic carbocycles. The fourth-order valence-electron chi connectivity index (χ4n) is 2.66. The van der Waals surface area contributed by atoms with E-state index in [0.717, 1.165) is 36.4 Å². The lowest BCUT2D eigenvalue weighted by atomic mass is 10.0. The molecule has 0 saturated carbocycles. The molecule has 0 saturated heterocycles. The number of rotatable bonds is 4. The zero-order valence-corrected chi connectivity index (χ0v) is 13.3. The second-order valence-electron chi connectivity index (χ2n) is 5.19. The van der Waals surface area contributed by atoms with Gasteiger partial charge in [0.05, 0.1) is 12.6 Å². The van der Waals surface area contributed by atoms with Crippen molar-refractivity contribution in [3.8, 4) is 5.75 Å². The normalized spacial score (nSPS) is 14.4. The predicted molar refractivity (Wildman–Crippen MR) is 88.8 cm³/mol. The van der Waals surface area contributed by atoms with E-state index in [1.54, 1.807) is 6.07 Å². The molecule has 2 aromatic rings. The standard InChI is InChI=1S/C17H17Cl2NO/c1-2-16(14-5-3-12(18)10-15(14)19)20-13-4-6-17-11(9-13)7-8-21-17/h3-6,9-10,16,20H,2,7-8H2,1H3. The van der Waals surface area contributed by atoms with E-state index in [2.05, 4.69) is 24.4 Å². The van der Waals surface area contributed by atoms with E-state index < -0.39 is 0 Å². The Morgan fingerprint density at radius 1 is 1.19 bits per heavy atom. The highest BCUT2D eigenvalue weighted by Crippen LogP contribution is 2.33. The van der Waals surface area contributed by atoms with E-state index in [9.17, 15) is 0 Å². The molecule has 21 heavy (non-hydrogen) atoms. The van der Waals surface area contributed by atoms with Crippen LogP contribution in [0.15, 0.2) is 36.4 Å². The Morgan fingerprint density at radius 2 is 2.05 bits per heavy atom. The summed E-state index contributed by atoms with van der Waals surface area (Å²) in [4.78, 5) is 0. The molecule has 1 atom stereocenters. The molecule has 0 spiro atoms. The van der Waals surface area contributed by atoms with Crippen LogP contribution in [0.4, 0.5) is 5.69 Å². The minimum atomic E-state index is 0.162. The quantitative estimate of drug-likeness (QED) is 0.803. The molecule has 1 aliphatic heterocycles. The molecule has 3 rings (SSSR count). The SMILES string of the molecule is CCC(Nc1ccc2c(c1)CCO2)c1ccc(Cl)cc1Cl. The average molecular weight is 322 g/mol. The zero-order valence-electron chi connectivity index (χ0n) is 11.8. The summed E-state index contributed by atoms with van der Waals surface area (Å²) in [5.74, 6) is 0.998. The first-order valence-electron chi connectivity index (χ1n) is 7.14. The molecule has 4 heteroatoms. The van der Waals surface area contributed by atoms with Crippen LogP contribution < -0.4 is 10.1 Å². The van der Waals surface area contributed by atoms with Crippen molar-refractivity contribution < 1.29 is 4.74 Å². The van der Waals surface area contributed by atoms with Crippen molar-refractivity contribution >= 4 is 28.9 Å². The van der Waals surface area contributed by atoms with Crippen molar-refractivity contribution in [3.05, 3.63) is 57.6 Å². The van der Waals surface area contributed by atoms with Crippen LogP contribution in [-0.4, -0.2) is 6.61 Å². The van der Waals surface area contributed by atoms with Gasteiger partial charge in [0.25, 0.3) is 0 Å². The highest BCUT2D eigenvalue weighted by molar-refractivity contribution is 6.35. The Kier molecular flexibility index (Phi) is 4.27. The number of hydrogen-bond acceptors (Lipinski definition) is 2. The number of halogens is 2. The van der Waals surface area contributed by atoms with Gasteiger partial charge in [-0.05, 0) is 47.9 Å². The van der Waals surface area contributed by atoms with E-state index >= 15 is 0 Å². The first-order valence-corrected chi connectivity index (χ1v) is 7.90.